The lowest BCUT2D eigenvalue weighted by Gasteiger charge is -2.30. The molecule has 3 aromatic carbocycles. The maximum absolute atomic E-state index is 13.9. The molecule has 1 aliphatic carbocycles. The van der Waals surface area contributed by atoms with Crippen LogP contribution in [0.1, 0.15) is 61.9 Å². The van der Waals surface area contributed by atoms with Crippen molar-refractivity contribution in [2.75, 3.05) is 4.31 Å². The van der Waals surface area contributed by atoms with Gasteiger partial charge in [-0.1, -0.05) is 75.4 Å². The molecule has 1 aliphatic heterocycles. The monoisotopic (exact) mass is 488 g/mol. The fourth-order valence-corrected chi connectivity index (χ4v) is 6.92. The number of amides is 1. The summed E-state index contributed by atoms with van der Waals surface area (Å²) in [6, 6.07) is 21.7. The summed E-state index contributed by atoms with van der Waals surface area (Å²) in [5.74, 6) is -0.252. The summed E-state index contributed by atoms with van der Waals surface area (Å²) in [6.07, 6.45) is 3.20. The summed E-state index contributed by atoms with van der Waals surface area (Å²) >= 11 is 0. The molecule has 35 heavy (non-hydrogen) atoms. The number of para-hydroxylation sites is 1. The number of hydrogen-bond donors (Lipinski definition) is 1. The summed E-state index contributed by atoms with van der Waals surface area (Å²) in [5.41, 5.74) is 4.81. The first kappa shape index (κ1) is 23.6. The van der Waals surface area contributed by atoms with E-state index in [-0.39, 0.29) is 22.3 Å². The summed E-state index contributed by atoms with van der Waals surface area (Å²) in [5, 5.41) is 3.19. The molecule has 1 heterocycles. The Hall–Kier alpha value is -3.12. The molecule has 0 spiro atoms. The molecule has 0 saturated carbocycles. The second-order valence-electron chi connectivity index (χ2n) is 10.6. The molecule has 1 N–H and O–H groups in total. The van der Waals surface area contributed by atoms with Crippen LogP contribution in [0.15, 0.2) is 77.7 Å². The van der Waals surface area contributed by atoms with E-state index in [1.54, 1.807) is 18.2 Å². The van der Waals surface area contributed by atoms with Crippen molar-refractivity contribution in [2.24, 2.45) is 0 Å². The van der Waals surface area contributed by atoms with Crippen LogP contribution in [0.5, 0.6) is 0 Å². The molecule has 6 heteroatoms. The number of aryl methyl sites for hydroxylation is 1. The van der Waals surface area contributed by atoms with Gasteiger partial charge in [-0.05, 0) is 65.1 Å². The van der Waals surface area contributed by atoms with Crippen molar-refractivity contribution < 1.29 is 13.2 Å². The first-order chi connectivity index (χ1) is 16.7. The van der Waals surface area contributed by atoms with Gasteiger partial charge >= 0.3 is 0 Å². The molecule has 1 amide bonds. The van der Waals surface area contributed by atoms with Crippen molar-refractivity contribution in [3.63, 3.8) is 0 Å². The van der Waals surface area contributed by atoms with Gasteiger partial charge in [-0.25, -0.2) is 8.42 Å². The first-order valence-electron chi connectivity index (χ1n) is 12.3. The van der Waals surface area contributed by atoms with Crippen molar-refractivity contribution >= 4 is 21.6 Å². The van der Waals surface area contributed by atoms with E-state index in [4.69, 9.17) is 0 Å². The molecule has 5 rings (SSSR count). The van der Waals surface area contributed by atoms with Gasteiger partial charge in [0.25, 0.3) is 10.0 Å². The largest absolute Gasteiger partial charge is 0.347 e. The van der Waals surface area contributed by atoms with E-state index in [9.17, 15) is 13.2 Å². The molecule has 3 aromatic rings. The zero-order valence-electron chi connectivity index (χ0n) is 20.5. The van der Waals surface area contributed by atoms with E-state index in [0.717, 1.165) is 36.0 Å². The second kappa shape index (κ2) is 8.83. The van der Waals surface area contributed by atoms with Crippen LogP contribution in [0.25, 0.3) is 0 Å². The summed E-state index contributed by atoms with van der Waals surface area (Å²) < 4.78 is 29.2. The van der Waals surface area contributed by atoms with Crippen molar-refractivity contribution in [1.29, 1.82) is 0 Å². The molecular formula is C29H32N2O3S. The lowest BCUT2D eigenvalue weighted by atomic mass is 9.87. The number of anilines is 1. The standard InChI is InChI=1S/C29H32N2O3S/c1-29(2,3)22-15-17-23(18-16-22)35(33,34)31-26-14-7-5-10-21(26)19-27(31)28(32)30-25-13-8-11-20-9-4-6-12-24(20)25/h4-7,9-10,12,14-18,25,27H,8,11,13,19H2,1-3H3,(H,30,32)/t25?,27-/m0/s1. The number of nitrogens with zero attached hydrogens (tertiary/aromatic N) is 1. The predicted octanol–water partition coefficient (Wildman–Crippen LogP) is 5.30. The molecule has 0 radical (unpaired) electrons. The highest BCUT2D eigenvalue weighted by molar-refractivity contribution is 7.93. The molecule has 1 unspecified atom stereocenters. The Labute approximate surface area is 208 Å². The van der Waals surface area contributed by atoms with Gasteiger partial charge in [-0.3, -0.25) is 9.10 Å². The molecule has 2 atom stereocenters. The van der Waals surface area contributed by atoms with E-state index in [2.05, 4.69) is 38.2 Å². The predicted molar refractivity (Wildman–Crippen MR) is 139 cm³/mol. The highest BCUT2D eigenvalue weighted by Gasteiger charge is 2.43. The van der Waals surface area contributed by atoms with Crippen LogP contribution in [0.4, 0.5) is 5.69 Å². The minimum absolute atomic E-state index is 0.0821. The molecule has 2 aliphatic rings. The van der Waals surface area contributed by atoms with Crippen LogP contribution in [0, 0.1) is 0 Å². The van der Waals surface area contributed by atoms with Gasteiger partial charge in [0, 0.05) is 6.42 Å². The van der Waals surface area contributed by atoms with Crippen LogP contribution in [-0.2, 0) is 33.1 Å². The van der Waals surface area contributed by atoms with E-state index in [1.165, 1.54) is 9.87 Å². The number of carbonyl (C=O) groups is 1. The van der Waals surface area contributed by atoms with Gasteiger partial charge in [0.15, 0.2) is 0 Å². The first-order valence-corrected chi connectivity index (χ1v) is 13.7. The average Bonchev–Trinajstić information content (AvgIpc) is 3.25. The van der Waals surface area contributed by atoms with Gasteiger partial charge in [0.05, 0.1) is 16.6 Å². The Bertz CT molecular complexity index is 1360. The van der Waals surface area contributed by atoms with Crippen LogP contribution in [0.3, 0.4) is 0 Å². The minimum atomic E-state index is -3.94. The number of sulfonamides is 1. The Morgan fingerprint density at radius 1 is 0.914 bits per heavy atom. The third-order valence-corrected chi connectivity index (χ3v) is 9.03. The van der Waals surface area contributed by atoms with Crippen LogP contribution >= 0.6 is 0 Å². The normalized spacial score (nSPS) is 19.7. The fourth-order valence-electron chi connectivity index (χ4n) is 5.27. The van der Waals surface area contributed by atoms with Gasteiger partial charge in [0.2, 0.25) is 5.91 Å². The lowest BCUT2D eigenvalue weighted by Crippen LogP contribution is -2.49. The Morgan fingerprint density at radius 3 is 2.29 bits per heavy atom. The van der Waals surface area contributed by atoms with Crippen LogP contribution < -0.4 is 9.62 Å². The Balaban J connectivity index is 1.48. The van der Waals surface area contributed by atoms with Gasteiger partial charge in [-0.15, -0.1) is 0 Å². The minimum Gasteiger partial charge on any atom is -0.347 e. The molecule has 182 valence electrons. The zero-order valence-corrected chi connectivity index (χ0v) is 21.3. The SMILES string of the molecule is CC(C)(C)c1ccc(S(=O)(=O)N2c3ccccc3C[C@H]2C(=O)NC2CCCc3ccccc32)cc1. The van der Waals surface area contributed by atoms with Crippen molar-refractivity contribution in [2.45, 2.75) is 68.8 Å². The number of fused-ring (bicyclic) bond motifs is 2. The van der Waals surface area contributed by atoms with E-state index >= 15 is 0 Å². The van der Waals surface area contributed by atoms with Crippen molar-refractivity contribution in [1.82, 2.24) is 5.32 Å². The van der Waals surface area contributed by atoms with E-state index in [1.807, 2.05) is 42.5 Å². The van der Waals surface area contributed by atoms with Crippen molar-refractivity contribution in [3.05, 3.63) is 95.1 Å². The number of carbonyl (C=O) groups excluding carboxylic acids is 1. The highest BCUT2D eigenvalue weighted by Crippen LogP contribution is 2.38. The maximum atomic E-state index is 13.9. The third-order valence-electron chi connectivity index (χ3n) is 7.19. The highest BCUT2D eigenvalue weighted by atomic mass is 32.2. The van der Waals surface area contributed by atoms with Crippen molar-refractivity contribution in [3.8, 4) is 0 Å². The van der Waals surface area contributed by atoms with Crippen LogP contribution in [-0.4, -0.2) is 20.4 Å². The van der Waals surface area contributed by atoms with Gasteiger partial charge < -0.3 is 5.32 Å². The average molecular weight is 489 g/mol. The number of rotatable bonds is 4. The molecule has 0 saturated heterocycles. The molecule has 5 nitrogen and oxygen atoms in total. The third kappa shape index (κ3) is 4.36. The number of nitrogens with one attached hydrogen (secondary N) is 1. The molecular weight excluding hydrogens is 456 g/mol. The zero-order chi connectivity index (χ0) is 24.8. The van der Waals surface area contributed by atoms with Gasteiger partial charge in [0.1, 0.15) is 6.04 Å². The molecule has 0 fully saturated rings. The fraction of sp³-hybridized carbons (Fsp3) is 0.345. The van der Waals surface area contributed by atoms with E-state index < -0.39 is 16.1 Å². The smallest absolute Gasteiger partial charge is 0.265 e. The summed E-state index contributed by atoms with van der Waals surface area (Å²) in [6.45, 7) is 6.28. The number of hydrogen-bond acceptors (Lipinski definition) is 3. The Morgan fingerprint density at radius 2 is 1.57 bits per heavy atom. The maximum Gasteiger partial charge on any atom is 0.265 e. The van der Waals surface area contributed by atoms with Crippen LogP contribution in [0.2, 0.25) is 0 Å². The molecule has 0 bridgehead atoms. The van der Waals surface area contributed by atoms with Gasteiger partial charge in [-0.2, -0.15) is 0 Å². The number of benzene rings is 3. The summed E-state index contributed by atoms with van der Waals surface area (Å²) in [7, 11) is -3.94. The summed E-state index contributed by atoms with van der Waals surface area (Å²) in [4.78, 5) is 13.8. The second-order valence-corrected chi connectivity index (χ2v) is 12.4. The quantitative estimate of drug-likeness (QED) is 0.542. The van der Waals surface area contributed by atoms with E-state index in [0.29, 0.717) is 12.1 Å². The Kier molecular flexibility index (Phi) is 5.96. The topological polar surface area (TPSA) is 66.5 Å². The molecule has 0 aromatic heterocycles. The lowest BCUT2D eigenvalue weighted by molar-refractivity contribution is -0.122.